The molecule has 1 atom stereocenters. The highest BCUT2D eigenvalue weighted by atomic mass is 35.5. The molecule has 0 spiro atoms. The minimum atomic E-state index is -1.00. The van der Waals surface area contributed by atoms with Crippen molar-refractivity contribution in [2.24, 2.45) is 0 Å². The molecule has 0 unspecified atom stereocenters. The third-order valence-corrected chi connectivity index (χ3v) is 6.17. The van der Waals surface area contributed by atoms with Crippen molar-refractivity contribution in [1.82, 2.24) is 0 Å². The smallest absolute Gasteiger partial charge is 0.269 e. The van der Waals surface area contributed by atoms with Crippen LogP contribution in [0.4, 0.5) is 17.1 Å². The zero-order chi connectivity index (χ0) is 21.3. The van der Waals surface area contributed by atoms with Crippen LogP contribution in [-0.4, -0.2) is 23.8 Å². The van der Waals surface area contributed by atoms with E-state index in [2.05, 4.69) is 10.6 Å². The minimum Gasteiger partial charge on any atom is -0.326 e. The zero-order valence-electron chi connectivity index (χ0n) is 15.4. The quantitative estimate of drug-likeness (QED) is 0.572. The number of thiophene rings is 1. The minimum absolute atomic E-state index is 0.225. The molecule has 3 aromatic rings. The fourth-order valence-corrected chi connectivity index (χ4v) is 4.16. The molecule has 0 fully saturated rings. The SMILES string of the molecule is O=C(C[C@@H]1C(=O)Nc2ccccc2N1C(=O)c1cccs1)Nc1ccc(Cl)c(Cl)c1. The van der Waals surface area contributed by atoms with Crippen molar-refractivity contribution in [3.63, 3.8) is 0 Å². The van der Waals surface area contributed by atoms with E-state index in [0.717, 1.165) is 0 Å². The maximum atomic E-state index is 13.2. The van der Waals surface area contributed by atoms with Crippen molar-refractivity contribution in [3.8, 4) is 0 Å². The fraction of sp³-hybridized carbons (Fsp3) is 0.0952. The van der Waals surface area contributed by atoms with E-state index in [4.69, 9.17) is 23.2 Å². The fourth-order valence-electron chi connectivity index (χ4n) is 3.21. The van der Waals surface area contributed by atoms with E-state index in [1.807, 2.05) is 0 Å². The average molecular weight is 460 g/mol. The summed E-state index contributed by atoms with van der Waals surface area (Å²) in [5.41, 5.74) is 1.51. The normalized spacial score (nSPS) is 15.3. The summed E-state index contributed by atoms with van der Waals surface area (Å²) >= 11 is 13.2. The van der Waals surface area contributed by atoms with Gasteiger partial charge in [-0.2, -0.15) is 0 Å². The monoisotopic (exact) mass is 459 g/mol. The Morgan fingerprint density at radius 2 is 1.87 bits per heavy atom. The van der Waals surface area contributed by atoms with Crippen LogP contribution in [0.5, 0.6) is 0 Å². The molecule has 1 aromatic heterocycles. The van der Waals surface area contributed by atoms with E-state index in [0.29, 0.717) is 32.0 Å². The van der Waals surface area contributed by atoms with Crippen molar-refractivity contribution >= 4 is 69.3 Å². The molecule has 4 rings (SSSR count). The molecule has 9 heteroatoms. The van der Waals surface area contributed by atoms with Gasteiger partial charge in [-0.3, -0.25) is 19.3 Å². The lowest BCUT2D eigenvalue weighted by Crippen LogP contribution is -2.52. The van der Waals surface area contributed by atoms with Gasteiger partial charge in [0.15, 0.2) is 0 Å². The number of halogens is 2. The van der Waals surface area contributed by atoms with Crippen molar-refractivity contribution in [2.45, 2.75) is 12.5 Å². The topological polar surface area (TPSA) is 78.5 Å². The van der Waals surface area contributed by atoms with E-state index in [-0.39, 0.29) is 12.3 Å². The predicted octanol–water partition coefficient (Wildman–Crippen LogP) is 5.05. The number of nitrogens with one attached hydrogen (secondary N) is 2. The van der Waals surface area contributed by atoms with Gasteiger partial charge in [-0.05, 0) is 41.8 Å². The van der Waals surface area contributed by atoms with Gasteiger partial charge in [-0.25, -0.2) is 0 Å². The van der Waals surface area contributed by atoms with Crippen LogP contribution in [0.15, 0.2) is 60.0 Å². The molecule has 0 saturated carbocycles. The first kappa shape index (κ1) is 20.4. The van der Waals surface area contributed by atoms with Gasteiger partial charge in [0.2, 0.25) is 11.8 Å². The van der Waals surface area contributed by atoms with Gasteiger partial charge in [0.25, 0.3) is 5.91 Å². The molecule has 6 nitrogen and oxygen atoms in total. The second-order valence-electron chi connectivity index (χ2n) is 6.56. The molecule has 152 valence electrons. The second kappa shape index (κ2) is 8.47. The Morgan fingerprint density at radius 3 is 2.60 bits per heavy atom. The highest BCUT2D eigenvalue weighted by Gasteiger charge is 2.38. The van der Waals surface area contributed by atoms with Gasteiger partial charge < -0.3 is 10.6 Å². The van der Waals surface area contributed by atoms with E-state index >= 15 is 0 Å². The molecule has 30 heavy (non-hydrogen) atoms. The van der Waals surface area contributed by atoms with Crippen molar-refractivity contribution in [2.75, 3.05) is 15.5 Å². The standard InChI is InChI=1S/C21H15Cl2N3O3S/c22-13-8-7-12(10-14(13)23)24-19(27)11-17-20(28)25-15-4-1-2-5-16(15)26(17)21(29)18-6-3-9-30-18/h1-10,17H,11H2,(H,24,27)(H,25,28)/t17-/m1/s1. The highest BCUT2D eigenvalue weighted by molar-refractivity contribution is 7.12. The van der Waals surface area contributed by atoms with Crippen molar-refractivity contribution in [1.29, 1.82) is 0 Å². The number of para-hydroxylation sites is 2. The maximum Gasteiger partial charge on any atom is 0.269 e. The number of carbonyl (C=O) groups is 3. The van der Waals surface area contributed by atoms with Crippen molar-refractivity contribution in [3.05, 3.63) is 74.9 Å². The molecular weight excluding hydrogens is 445 g/mol. The largest absolute Gasteiger partial charge is 0.326 e. The summed E-state index contributed by atoms with van der Waals surface area (Å²) in [6.07, 6.45) is -0.225. The van der Waals surface area contributed by atoms with Crippen LogP contribution in [0.2, 0.25) is 10.0 Å². The molecule has 0 saturated heterocycles. The summed E-state index contributed by atoms with van der Waals surface area (Å²) in [5, 5.41) is 7.93. The maximum absolute atomic E-state index is 13.2. The Morgan fingerprint density at radius 1 is 1.07 bits per heavy atom. The van der Waals surface area contributed by atoms with Crippen molar-refractivity contribution < 1.29 is 14.4 Å². The number of rotatable bonds is 4. The third kappa shape index (κ3) is 4.05. The van der Waals surface area contributed by atoms with Crippen LogP contribution < -0.4 is 15.5 Å². The van der Waals surface area contributed by atoms with Gasteiger partial charge in [0.05, 0.1) is 32.7 Å². The first-order valence-corrected chi connectivity index (χ1v) is 10.6. The second-order valence-corrected chi connectivity index (χ2v) is 8.32. The van der Waals surface area contributed by atoms with Gasteiger partial charge in [0.1, 0.15) is 6.04 Å². The van der Waals surface area contributed by atoms with Gasteiger partial charge in [-0.15, -0.1) is 11.3 Å². The van der Waals surface area contributed by atoms with Gasteiger partial charge in [0, 0.05) is 5.69 Å². The predicted molar refractivity (Wildman–Crippen MR) is 120 cm³/mol. The summed E-state index contributed by atoms with van der Waals surface area (Å²) in [5.74, 6) is -1.19. The van der Waals surface area contributed by atoms with Gasteiger partial charge in [-0.1, -0.05) is 41.4 Å². The summed E-state index contributed by atoms with van der Waals surface area (Å²) in [7, 11) is 0. The van der Waals surface area contributed by atoms with Crippen LogP contribution in [0.25, 0.3) is 0 Å². The van der Waals surface area contributed by atoms with Crippen LogP contribution in [0.3, 0.4) is 0 Å². The number of nitrogens with zero attached hydrogens (tertiary/aromatic N) is 1. The highest BCUT2D eigenvalue weighted by Crippen LogP contribution is 2.35. The first-order chi connectivity index (χ1) is 14.4. The van der Waals surface area contributed by atoms with Crippen LogP contribution in [-0.2, 0) is 9.59 Å². The molecular formula is C21H15Cl2N3O3S. The van der Waals surface area contributed by atoms with E-state index in [1.54, 1.807) is 53.9 Å². The van der Waals surface area contributed by atoms with E-state index in [1.165, 1.54) is 22.3 Å². The third-order valence-electron chi connectivity index (χ3n) is 4.57. The Kier molecular flexibility index (Phi) is 5.76. The zero-order valence-corrected chi connectivity index (χ0v) is 17.7. The summed E-state index contributed by atoms with van der Waals surface area (Å²) in [6.45, 7) is 0. The molecule has 0 bridgehead atoms. The average Bonchev–Trinajstić information content (AvgIpc) is 3.26. The summed E-state index contributed by atoms with van der Waals surface area (Å²) in [6, 6.07) is 14.1. The summed E-state index contributed by atoms with van der Waals surface area (Å²) in [4.78, 5) is 40.6. The molecule has 2 N–H and O–H groups in total. The molecule has 0 aliphatic carbocycles. The van der Waals surface area contributed by atoms with Crippen LogP contribution in [0, 0.1) is 0 Å². The lowest BCUT2D eigenvalue weighted by molar-refractivity contribution is -0.122. The Hall–Kier alpha value is -2.87. The Bertz CT molecular complexity index is 1130. The molecule has 1 aliphatic heterocycles. The number of anilines is 3. The molecule has 2 aromatic carbocycles. The first-order valence-electron chi connectivity index (χ1n) is 8.96. The number of amides is 3. The number of benzene rings is 2. The van der Waals surface area contributed by atoms with E-state index in [9.17, 15) is 14.4 Å². The number of fused-ring (bicyclic) bond motifs is 1. The Labute approximate surface area is 186 Å². The van der Waals surface area contributed by atoms with Crippen LogP contribution in [0.1, 0.15) is 16.1 Å². The molecule has 1 aliphatic rings. The van der Waals surface area contributed by atoms with Gasteiger partial charge >= 0.3 is 0 Å². The number of carbonyl (C=O) groups excluding carboxylic acids is 3. The molecule has 2 heterocycles. The summed E-state index contributed by atoms with van der Waals surface area (Å²) < 4.78 is 0. The molecule has 3 amide bonds. The van der Waals surface area contributed by atoms with Crippen LogP contribution >= 0.6 is 34.5 Å². The lowest BCUT2D eigenvalue weighted by Gasteiger charge is -2.36. The lowest BCUT2D eigenvalue weighted by atomic mass is 10.0. The number of hydrogen-bond acceptors (Lipinski definition) is 4. The Balaban J connectivity index is 1.62. The number of hydrogen-bond donors (Lipinski definition) is 2. The molecule has 0 radical (unpaired) electrons. The van der Waals surface area contributed by atoms with E-state index < -0.39 is 17.9 Å².